The lowest BCUT2D eigenvalue weighted by Gasteiger charge is -2.38. The van der Waals surface area contributed by atoms with E-state index < -0.39 is 11.0 Å². The minimum atomic E-state index is -0.509. The van der Waals surface area contributed by atoms with Crippen molar-refractivity contribution in [3.05, 3.63) is 87.0 Å². The molecule has 0 spiro atoms. The predicted octanol–water partition coefficient (Wildman–Crippen LogP) is 4.42. The average Bonchev–Trinajstić information content (AvgIpc) is 2.90. The number of hydrogen-bond acceptors (Lipinski definition) is 7. The summed E-state index contributed by atoms with van der Waals surface area (Å²) in [6.07, 6.45) is 0.583. The summed E-state index contributed by atoms with van der Waals surface area (Å²) >= 11 is 0. The number of ether oxygens (including phenoxy) is 4. The number of hydrogen-bond donors (Lipinski definition) is 0. The molecule has 0 N–H and O–H groups in total. The van der Waals surface area contributed by atoms with Crippen LogP contribution in [0.1, 0.15) is 33.1 Å². The Morgan fingerprint density at radius 2 is 1.54 bits per heavy atom. The van der Waals surface area contributed by atoms with Crippen molar-refractivity contribution in [1.29, 1.82) is 0 Å². The lowest BCUT2D eigenvalue weighted by Crippen LogP contribution is -2.40. The van der Waals surface area contributed by atoms with Gasteiger partial charge in [-0.15, -0.1) is 0 Å². The fourth-order valence-electron chi connectivity index (χ4n) is 4.47. The molecule has 4 rings (SSSR count). The smallest absolute Gasteiger partial charge is 0.270 e. The number of amides is 1. The van der Waals surface area contributed by atoms with Gasteiger partial charge < -0.3 is 23.8 Å². The highest BCUT2D eigenvalue weighted by atomic mass is 16.6. The van der Waals surface area contributed by atoms with Crippen LogP contribution in [0.15, 0.2) is 54.6 Å². The molecule has 1 atom stereocenters. The van der Waals surface area contributed by atoms with Crippen molar-refractivity contribution in [2.75, 3.05) is 35.0 Å². The van der Waals surface area contributed by atoms with Crippen LogP contribution in [0.3, 0.4) is 0 Å². The van der Waals surface area contributed by atoms with Crippen LogP contribution in [0.5, 0.6) is 23.0 Å². The van der Waals surface area contributed by atoms with Crippen molar-refractivity contribution in [2.24, 2.45) is 0 Å². The number of carbonyl (C=O) groups excluding carboxylic acids is 1. The number of nitrogens with zero attached hydrogens (tertiary/aromatic N) is 2. The van der Waals surface area contributed by atoms with Gasteiger partial charge in [0.1, 0.15) is 0 Å². The largest absolute Gasteiger partial charge is 0.493 e. The number of rotatable bonds is 7. The van der Waals surface area contributed by atoms with E-state index in [4.69, 9.17) is 18.9 Å². The molecule has 3 aromatic carbocycles. The standard InChI is InChI=1S/C26H26N2O7/c1-32-21-9-8-17(14-22(21)33-2)25-20-15-24(35-4)23(34-3)13-16(20)10-11-27(25)26(29)18-6-5-7-19(12-18)28(30)31/h5-9,12-15,25H,10-11H2,1-4H3/t25-/m1/s1. The van der Waals surface area contributed by atoms with E-state index in [-0.39, 0.29) is 17.2 Å². The van der Waals surface area contributed by atoms with Gasteiger partial charge >= 0.3 is 0 Å². The van der Waals surface area contributed by atoms with Gasteiger partial charge in [0.05, 0.1) is 39.4 Å². The Hall–Kier alpha value is -4.27. The second kappa shape index (κ2) is 9.92. The molecular weight excluding hydrogens is 452 g/mol. The first kappa shape index (κ1) is 23.9. The lowest BCUT2D eigenvalue weighted by atomic mass is 9.87. The molecule has 9 nitrogen and oxygen atoms in total. The molecule has 1 aliphatic heterocycles. The number of nitro benzene ring substituents is 1. The van der Waals surface area contributed by atoms with Crippen molar-refractivity contribution >= 4 is 11.6 Å². The van der Waals surface area contributed by atoms with Crippen LogP contribution < -0.4 is 18.9 Å². The summed E-state index contributed by atoms with van der Waals surface area (Å²) in [5.74, 6) is 1.93. The molecule has 1 heterocycles. The fraction of sp³-hybridized carbons (Fsp3) is 0.269. The van der Waals surface area contributed by atoms with Gasteiger partial charge in [0.25, 0.3) is 11.6 Å². The van der Waals surface area contributed by atoms with E-state index >= 15 is 0 Å². The molecule has 35 heavy (non-hydrogen) atoms. The van der Waals surface area contributed by atoms with Gasteiger partial charge in [-0.2, -0.15) is 0 Å². The molecule has 9 heteroatoms. The predicted molar refractivity (Wildman–Crippen MR) is 129 cm³/mol. The van der Waals surface area contributed by atoms with Crippen molar-refractivity contribution in [3.8, 4) is 23.0 Å². The Labute approximate surface area is 202 Å². The topological polar surface area (TPSA) is 100 Å². The number of non-ortho nitro benzene ring substituents is 1. The van der Waals surface area contributed by atoms with Gasteiger partial charge in [-0.1, -0.05) is 12.1 Å². The first-order valence-corrected chi connectivity index (χ1v) is 10.9. The van der Waals surface area contributed by atoms with Crippen molar-refractivity contribution in [1.82, 2.24) is 4.90 Å². The zero-order valence-electron chi connectivity index (χ0n) is 19.9. The third-order valence-corrected chi connectivity index (χ3v) is 6.16. The summed E-state index contributed by atoms with van der Waals surface area (Å²) in [6, 6.07) is 14.6. The first-order valence-electron chi connectivity index (χ1n) is 10.9. The van der Waals surface area contributed by atoms with Crippen LogP contribution >= 0.6 is 0 Å². The third kappa shape index (κ3) is 4.44. The summed E-state index contributed by atoms with van der Waals surface area (Å²) in [4.78, 5) is 26.2. The number of benzene rings is 3. The molecule has 0 saturated carbocycles. The maximum atomic E-state index is 13.7. The maximum Gasteiger partial charge on any atom is 0.270 e. The Balaban J connectivity index is 1.88. The van der Waals surface area contributed by atoms with Crippen molar-refractivity contribution in [3.63, 3.8) is 0 Å². The van der Waals surface area contributed by atoms with Gasteiger partial charge in [-0.25, -0.2) is 0 Å². The van der Waals surface area contributed by atoms with Gasteiger partial charge in [0, 0.05) is 24.2 Å². The lowest BCUT2D eigenvalue weighted by molar-refractivity contribution is -0.384. The monoisotopic (exact) mass is 478 g/mol. The van der Waals surface area contributed by atoms with E-state index in [0.29, 0.717) is 36.0 Å². The van der Waals surface area contributed by atoms with E-state index in [1.807, 2.05) is 24.3 Å². The van der Waals surface area contributed by atoms with E-state index in [2.05, 4.69) is 0 Å². The van der Waals surface area contributed by atoms with Gasteiger partial charge in [-0.3, -0.25) is 14.9 Å². The molecule has 182 valence electrons. The Kier molecular flexibility index (Phi) is 6.77. The second-order valence-electron chi connectivity index (χ2n) is 7.98. The normalized spacial score (nSPS) is 14.6. The number of methoxy groups -OCH3 is 4. The van der Waals surface area contributed by atoms with Crippen molar-refractivity contribution in [2.45, 2.75) is 12.5 Å². The quantitative estimate of drug-likeness (QED) is 0.366. The highest BCUT2D eigenvalue weighted by Crippen LogP contribution is 2.43. The second-order valence-corrected chi connectivity index (χ2v) is 7.98. The maximum absolute atomic E-state index is 13.7. The van der Waals surface area contributed by atoms with E-state index in [9.17, 15) is 14.9 Å². The molecule has 1 aliphatic rings. The van der Waals surface area contributed by atoms with Gasteiger partial charge in [-0.05, 0) is 53.4 Å². The molecule has 3 aromatic rings. The highest BCUT2D eigenvalue weighted by molar-refractivity contribution is 5.95. The van der Waals surface area contributed by atoms with Crippen LogP contribution in [0.25, 0.3) is 0 Å². The highest BCUT2D eigenvalue weighted by Gasteiger charge is 2.34. The van der Waals surface area contributed by atoms with Gasteiger partial charge in [0.2, 0.25) is 0 Å². The minimum absolute atomic E-state index is 0.137. The summed E-state index contributed by atoms with van der Waals surface area (Å²) in [6.45, 7) is 0.406. The Morgan fingerprint density at radius 3 is 2.20 bits per heavy atom. The molecule has 1 amide bonds. The average molecular weight is 479 g/mol. The molecule has 0 unspecified atom stereocenters. The fourth-order valence-corrected chi connectivity index (χ4v) is 4.47. The van der Waals surface area contributed by atoms with Crippen LogP contribution in [-0.4, -0.2) is 50.7 Å². The molecule has 0 saturated heterocycles. The number of nitro groups is 1. The summed E-state index contributed by atoms with van der Waals surface area (Å²) < 4.78 is 21.9. The van der Waals surface area contributed by atoms with E-state index in [0.717, 1.165) is 16.7 Å². The Morgan fingerprint density at radius 1 is 0.886 bits per heavy atom. The van der Waals surface area contributed by atoms with E-state index in [1.165, 1.54) is 18.2 Å². The summed E-state index contributed by atoms with van der Waals surface area (Å²) in [5, 5.41) is 11.3. The molecule has 0 fully saturated rings. The zero-order chi connectivity index (χ0) is 25.1. The van der Waals surface area contributed by atoms with Crippen molar-refractivity contribution < 1.29 is 28.7 Å². The molecule has 0 radical (unpaired) electrons. The zero-order valence-corrected chi connectivity index (χ0v) is 19.9. The van der Waals surface area contributed by atoms with E-state index in [1.54, 1.807) is 45.5 Å². The van der Waals surface area contributed by atoms with Crippen LogP contribution in [0, 0.1) is 10.1 Å². The van der Waals surface area contributed by atoms with Gasteiger partial charge in [0.15, 0.2) is 23.0 Å². The van der Waals surface area contributed by atoms with Crippen LogP contribution in [0.4, 0.5) is 5.69 Å². The summed E-state index contributed by atoms with van der Waals surface area (Å²) in [5.41, 5.74) is 2.80. The minimum Gasteiger partial charge on any atom is -0.493 e. The third-order valence-electron chi connectivity index (χ3n) is 6.16. The van der Waals surface area contributed by atoms with Crippen LogP contribution in [-0.2, 0) is 6.42 Å². The molecule has 0 aliphatic carbocycles. The molecule has 0 bridgehead atoms. The Bertz CT molecular complexity index is 1270. The molecular formula is C26H26N2O7. The summed E-state index contributed by atoms with van der Waals surface area (Å²) in [7, 11) is 6.25. The van der Waals surface area contributed by atoms with Crippen LogP contribution in [0.2, 0.25) is 0 Å². The molecule has 0 aromatic heterocycles. The first-order chi connectivity index (χ1) is 16.9. The number of carbonyl (C=O) groups is 1. The number of fused-ring (bicyclic) bond motifs is 1. The SMILES string of the molecule is COc1ccc([C@@H]2c3cc(OC)c(OC)cc3CCN2C(=O)c2cccc([N+](=O)[O-])c2)cc1OC.